The predicted octanol–water partition coefficient (Wildman–Crippen LogP) is 1.85. The van der Waals surface area contributed by atoms with Crippen molar-refractivity contribution in [2.75, 3.05) is 26.8 Å². The molecule has 0 unspecified atom stereocenters. The molecule has 6 heteroatoms. The Balaban J connectivity index is 2.74. The van der Waals surface area contributed by atoms with Crippen molar-refractivity contribution in [2.24, 2.45) is 0 Å². The number of aromatic nitrogens is 1. The minimum atomic E-state index is -0.137. The largest absolute Gasteiger partial charge is 0.383 e. The first-order valence-corrected chi connectivity index (χ1v) is 6.25. The molecule has 1 amide bonds. The molecule has 1 aromatic rings. The number of pyridine rings is 1. The molecule has 0 saturated carbocycles. The first kappa shape index (κ1) is 14.6. The van der Waals surface area contributed by atoms with E-state index in [0.29, 0.717) is 36.3 Å². The highest BCUT2D eigenvalue weighted by Gasteiger charge is 2.15. The van der Waals surface area contributed by atoms with E-state index in [1.54, 1.807) is 24.1 Å². The highest BCUT2D eigenvalue weighted by Crippen LogP contribution is 2.09. The number of methoxy groups -OCH3 is 1. The molecule has 1 heterocycles. The Kier molecular flexibility index (Phi) is 6.33. The molecule has 0 fully saturated rings. The van der Waals surface area contributed by atoms with Crippen LogP contribution in [0.4, 0.5) is 0 Å². The van der Waals surface area contributed by atoms with Crippen molar-refractivity contribution in [2.45, 2.75) is 6.42 Å². The molecule has 5 nitrogen and oxygen atoms in total. The summed E-state index contributed by atoms with van der Waals surface area (Å²) in [7, 11) is 1.58. The quantitative estimate of drug-likeness (QED) is 0.752. The number of ether oxygens (including phenoxy) is 1. The van der Waals surface area contributed by atoms with Gasteiger partial charge in [-0.3, -0.25) is 4.79 Å². The third kappa shape index (κ3) is 4.43. The van der Waals surface area contributed by atoms with Gasteiger partial charge >= 0.3 is 0 Å². The number of nitrogens with zero attached hydrogens (tertiary/aromatic N) is 3. The zero-order valence-corrected chi connectivity index (χ0v) is 11.7. The van der Waals surface area contributed by atoms with E-state index in [9.17, 15) is 4.79 Å². The molecule has 0 aromatic carbocycles. The van der Waals surface area contributed by atoms with Crippen LogP contribution in [-0.2, 0) is 4.74 Å². The Bertz CT molecular complexity index is 428. The summed E-state index contributed by atoms with van der Waals surface area (Å²) in [6.45, 7) is 1.31. The van der Waals surface area contributed by atoms with Crippen molar-refractivity contribution in [1.82, 2.24) is 9.88 Å². The molecule has 0 saturated heterocycles. The van der Waals surface area contributed by atoms with Crippen molar-refractivity contribution in [3.63, 3.8) is 0 Å². The average Bonchev–Trinajstić information content (AvgIpc) is 2.39. The predicted molar refractivity (Wildman–Crippen MR) is 69.9 cm³/mol. The maximum Gasteiger partial charge on any atom is 0.255 e. The Morgan fingerprint density at radius 3 is 2.89 bits per heavy atom. The molecule has 18 heavy (non-hydrogen) atoms. The van der Waals surface area contributed by atoms with Crippen LogP contribution in [0.3, 0.4) is 0 Å². The minimum absolute atomic E-state index is 0.137. The molecule has 0 aliphatic rings. The summed E-state index contributed by atoms with van der Waals surface area (Å²) in [4.78, 5) is 17.8. The Labute approximate surface area is 115 Å². The molecule has 1 aromatic heterocycles. The van der Waals surface area contributed by atoms with E-state index in [-0.39, 0.29) is 5.91 Å². The fraction of sp³-hybridized carbons (Fsp3) is 0.417. The van der Waals surface area contributed by atoms with E-state index in [1.165, 1.54) is 6.20 Å². The summed E-state index contributed by atoms with van der Waals surface area (Å²) in [5.41, 5.74) is 0.507. The summed E-state index contributed by atoms with van der Waals surface area (Å²) < 4.78 is 5.64. The second-order valence-electron chi connectivity index (χ2n) is 3.56. The molecule has 0 N–H and O–H groups in total. The van der Waals surface area contributed by atoms with Crippen LogP contribution in [-0.4, -0.2) is 42.6 Å². The molecule has 0 aliphatic carbocycles. The Morgan fingerprint density at radius 2 is 2.33 bits per heavy atom. The number of rotatable bonds is 6. The molecule has 1 rings (SSSR count). The summed E-state index contributed by atoms with van der Waals surface area (Å²) in [6, 6.07) is 5.45. The first-order chi connectivity index (χ1) is 8.69. The maximum absolute atomic E-state index is 12.2. The van der Waals surface area contributed by atoms with Gasteiger partial charge in [0.2, 0.25) is 0 Å². The lowest BCUT2D eigenvalue weighted by Crippen LogP contribution is -2.34. The monoisotopic (exact) mass is 311 g/mol. The van der Waals surface area contributed by atoms with Gasteiger partial charge in [-0.1, -0.05) is 0 Å². The van der Waals surface area contributed by atoms with Crippen LogP contribution < -0.4 is 0 Å². The van der Waals surface area contributed by atoms with E-state index >= 15 is 0 Å². The standard InChI is InChI=1S/C12H14BrN3O2/c1-18-8-7-16(6-2-5-14)12(17)10-3-4-11(13)15-9-10/h3-4,9H,2,6-8H2,1H3. The number of carbonyl (C=O) groups excluding carboxylic acids is 1. The van der Waals surface area contributed by atoms with E-state index in [1.807, 2.05) is 6.07 Å². The third-order valence-electron chi connectivity index (χ3n) is 2.32. The molecular formula is C12H14BrN3O2. The van der Waals surface area contributed by atoms with Gasteiger partial charge in [0.25, 0.3) is 5.91 Å². The second kappa shape index (κ2) is 7.80. The lowest BCUT2D eigenvalue weighted by molar-refractivity contribution is 0.0699. The fourth-order valence-corrected chi connectivity index (χ4v) is 1.62. The van der Waals surface area contributed by atoms with Crippen molar-refractivity contribution < 1.29 is 9.53 Å². The summed E-state index contributed by atoms with van der Waals surface area (Å²) in [5.74, 6) is -0.137. The van der Waals surface area contributed by atoms with Gasteiger partial charge in [-0.2, -0.15) is 5.26 Å². The topological polar surface area (TPSA) is 66.2 Å². The van der Waals surface area contributed by atoms with Crippen molar-refractivity contribution in [3.05, 3.63) is 28.5 Å². The highest BCUT2D eigenvalue weighted by molar-refractivity contribution is 9.10. The normalized spacial score (nSPS) is 9.83. The molecular weight excluding hydrogens is 298 g/mol. The number of nitriles is 1. The number of hydrogen-bond donors (Lipinski definition) is 0. The van der Waals surface area contributed by atoms with Gasteiger partial charge in [-0.05, 0) is 28.1 Å². The van der Waals surface area contributed by atoms with Crippen LogP contribution in [0.25, 0.3) is 0 Å². The fourth-order valence-electron chi connectivity index (χ4n) is 1.39. The maximum atomic E-state index is 12.2. The van der Waals surface area contributed by atoms with Crippen LogP contribution in [0.1, 0.15) is 16.8 Å². The van der Waals surface area contributed by atoms with Crippen LogP contribution in [0.5, 0.6) is 0 Å². The Morgan fingerprint density at radius 1 is 1.56 bits per heavy atom. The third-order valence-corrected chi connectivity index (χ3v) is 2.79. The van der Waals surface area contributed by atoms with Crippen molar-refractivity contribution in [1.29, 1.82) is 5.26 Å². The SMILES string of the molecule is COCCN(CCC#N)C(=O)c1ccc(Br)nc1. The molecule has 0 spiro atoms. The number of carbonyl (C=O) groups is 1. The van der Waals surface area contributed by atoms with Crippen molar-refractivity contribution >= 4 is 21.8 Å². The van der Waals surface area contributed by atoms with Crippen LogP contribution in [0, 0.1) is 11.3 Å². The van der Waals surface area contributed by atoms with Crippen LogP contribution >= 0.6 is 15.9 Å². The smallest absolute Gasteiger partial charge is 0.255 e. The lowest BCUT2D eigenvalue weighted by Gasteiger charge is -2.21. The Hall–Kier alpha value is -1.45. The van der Waals surface area contributed by atoms with E-state index in [4.69, 9.17) is 10.00 Å². The van der Waals surface area contributed by atoms with Crippen molar-refractivity contribution in [3.8, 4) is 6.07 Å². The van der Waals surface area contributed by atoms with E-state index in [0.717, 1.165) is 0 Å². The lowest BCUT2D eigenvalue weighted by atomic mass is 10.2. The first-order valence-electron chi connectivity index (χ1n) is 5.45. The van der Waals surface area contributed by atoms with E-state index < -0.39 is 0 Å². The summed E-state index contributed by atoms with van der Waals surface area (Å²) in [6.07, 6.45) is 1.82. The molecule has 0 bridgehead atoms. The summed E-state index contributed by atoms with van der Waals surface area (Å²) >= 11 is 3.22. The molecule has 96 valence electrons. The van der Waals surface area contributed by atoms with Gasteiger partial charge in [-0.25, -0.2) is 4.98 Å². The molecule has 0 aliphatic heterocycles. The van der Waals surface area contributed by atoms with Gasteiger partial charge in [0.15, 0.2) is 0 Å². The highest BCUT2D eigenvalue weighted by atomic mass is 79.9. The zero-order valence-electron chi connectivity index (χ0n) is 10.1. The molecule has 0 radical (unpaired) electrons. The number of hydrogen-bond acceptors (Lipinski definition) is 4. The van der Waals surface area contributed by atoms with Gasteiger partial charge in [0.05, 0.1) is 24.7 Å². The van der Waals surface area contributed by atoms with Gasteiger partial charge in [0.1, 0.15) is 4.60 Å². The average molecular weight is 312 g/mol. The van der Waals surface area contributed by atoms with Gasteiger partial charge < -0.3 is 9.64 Å². The minimum Gasteiger partial charge on any atom is -0.383 e. The zero-order chi connectivity index (χ0) is 13.4. The van der Waals surface area contributed by atoms with Crippen LogP contribution in [0.15, 0.2) is 22.9 Å². The van der Waals surface area contributed by atoms with Gasteiger partial charge in [0, 0.05) is 26.4 Å². The summed E-state index contributed by atoms with van der Waals surface area (Å²) in [5, 5.41) is 8.59. The molecule has 0 atom stereocenters. The van der Waals surface area contributed by atoms with E-state index in [2.05, 4.69) is 20.9 Å². The number of amides is 1. The van der Waals surface area contributed by atoms with Gasteiger partial charge in [-0.15, -0.1) is 0 Å². The second-order valence-corrected chi connectivity index (χ2v) is 4.38. The van der Waals surface area contributed by atoms with Crippen LogP contribution in [0.2, 0.25) is 0 Å². The number of halogens is 1.